The first-order valence-electron chi connectivity index (χ1n) is 7.85. The van der Waals surface area contributed by atoms with Gasteiger partial charge in [0.1, 0.15) is 5.75 Å². The highest BCUT2D eigenvalue weighted by atomic mass is 16.7. The van der Waals surface area contributed by atoms with Gasteiger partial charge in [0.15, 0.2) is 5.79 Å². The molecule has 2 aliphatic heterocycles. The molecule has 2 saturated heterocycles. The third-order valence-electron chi connectivity index (χ3n) is 4.53. The summed E-state index contributed by atoms with van der Waals surface area (Å²) in [5.74, 6) is 1.08. The topological polar surface area (TPSA) is 30.9 Å². The summed E-state index contributed by atoms with van der Waals surface area (Å²) in [4.78, 5) is 2.48. The molecule has 2 aliphatic rings. The van der Waals surface area contributed by atoms with Crippen molar-refractivity contribution in [2.75, 3.05) is 40.0 Å². The normalized spacial score (nSPS) is 23.3. The number of piperidine rings is 1. The van der Waals surface area contributed by atoms with E-state index in [9.17, 15) is 0 Å². The summed E-state index contributed by atoms with van der Waals surface area (Å²) >= 11 is 0. The van der Waals surface area contributed by atoms with Gasteiger partial charge in [0.2, 0.25) is 0 Å². The Hall–Kier alpha value is -1.10. The van der Waals surface area contributed by atoms with Crippen LogP contribution in [0.15, 0.2) is 24.3 Å². The minimum Gasteiger partial charge on any atom is -0.497 e. The molecule has 0 saturated carbocycles. The third kappa shape index (κ3) is 3.39. The number of rotatable bonds is 4. The van der Waals surface area contributed by atoms with Gasteiger partial charge in [-0.3, -0.25) is 4.90 Å². The fourth-order valence-electron chi connectivity index (χ4n) is 3.38. The minimum absolute atomic E-state index is 0.322. The monoisotopic (exact) mass is 291 g/mol. The summed E-state index contributed by atoms with van der Waals surface area (Å²) in [5, 5.41) is 0. The van der Waals surface area contributed by atoms with Crippen LogP contribution in [0.1, 0.15) is 31.2 Å². The number of nitrogens with zero attached hydrogens (tertiary/aromatic N) is 1. The van der Waals surface area contributed by atoms with Crippen molar-refractivity contribution in [2.45, 2.75) is 31.5 Å². The lowest BCUT2D eigenvalue weighted by atomic mass is 9.98. The molecule has 2 heterocycles. The maximum atomic E-state index is 5.85. The predicted molar refractivity (Wildman–Crippen MR) is 81.7 cm³/mol. The molecule has 0 aromatic heterocycles. The van der Waals surface area contributed by atoms with E-state index in [0.29, 0.717) is 5.92 Å². The van der Waals surface area contributed by atoms with Crippen molar-refractivity contribution in [3.8, 4) is 5.75 Å². The molecule has 2 fully saturated rings. The summed E-state index contributed by atoms with van der Waals surface area (Å²) in [6, 6.07) is 8.39. The van der Waals surface area contributed by atoms with E-state index in [0.717, 1.165) is 51.4 Å². The van der Waals surface area contributed by atoms with Gasteiger partial charge >= 0.3 is 0 Å². The zero-order valence-electron chi connectivity index (χ0n) is 13.0. The molecule has 1 spiro atoms. The molecule has 0 aliphatic carbocycles. The summed E-state index contributed by atoms with van der Waals surface area (Å²) in [5.41, 5.74) is 1.35. The Kier molecular flexibility index (Phi) is 4.48. The second-order valence-electron chi connectivity index (χ2n) is 6.12. The standard InChI is InChI=1S/C17H25NO3/c1-14(15-4-6-16(19-2)7-5-15)12-18-9-3-8-17(13-18)20-10-11-21-17/h4-7,14H,3,8-13H2,1-2H3/t14-/m0/s1. The Morgan fingerprint density at radius 2 is 1.95 bits per heavy atom. The molecule has 0 N–H and O–H groups in total. The Labute approximate surface area is 127 Å². The SMILES string of the molecule is COc1ccc([C@@H](C)CN2CCCC3(C2)OCCO3)cc1. The molecule has 3 rings (SSSR count). The Bertz CT molecular complexity index is 454. The molecule has 0 amide bonds. The smallest absolute Gasteiger partial charge is 0.181 e. The van der Waals surface area contributed by atoms with Gasteiger partial charge < -0.3 is 14.2 Å². The first-order chi connectivity index (χ1) is 10.2. The molecule has 4 nitrogen and oxygen atoms in total. The zero-order valence-corrected chi connectivity index (χ0v) is 13.0. The van der Waals surface area contributed by atoms with Crippen molar-refractivity contribution in [2.24, 2.45) is 0 Å². The lowest BCUT2D eigenvalue weighted by Crippen LogP contribution is -2.49. The lowest BCUT2D eigenvalue weighted by molar-refractivity contribution is -0.189. The number of likely N-dealkylation sites (tertiary alicyclic amines) is 1. The minimum atomic E-state index is -0.322. The number of ether oxygens (including phenoxy) is 3. The van der Waals surface area contributed by atoms with E-state index < -0.39 is 0 Å². The average molecular weight is 291 g/mol. The Balaban J connectivity index is 1.59. The van der Waals surface area contributed by atoms with E-state index in [4.69, 9.17) is 14.2 Å². The molecule has 0 bridgehead atoms. The summed E-state index contributed by atoms with van der Waals surface area (Å²) in [6.45, 7) is 6.83. The molecule has 4 heteroatoms. The van der Waals surface area contributed by atoms with Crippen LogP contribution in [0, 0.1) is 0 Å². The van der Waals surface area contributed by atoms with Crippen LogP contribution in [0.25, 0.3) is 0 Å². The molecule has 0 unspecified atom stereocenters. The van der Waals surface area contributed by atoms with Crippen LogP contribution in [0.5, 0.6) is 5.75 Å². The maximum absolute atomic E-state index is 5.85. The summed E-state index contributed by atoms with van der Waals surface area (Å²) in [6.07, 6.45) is 2.18. The number of methoxy groups -OCH3 is 1. The Morgan fingerprint density at radius 1 is 1.24 bits per heavy atom. The highest BCUT2D eigenvalue weighted by molar-refractivity contribution is 5.29. The van der Waals surface area contributed by atoms with Gasteiger partial charge in [-0.1, -0.05) is 19.1 Å². The fourth-order valence-corrected chi connectivity index (χ4v) is 3.38. The van der Waals surface area contributed by atoms with Crippen molar-refractivity contribution in [1.82, 2.24) is 4.90 Å². The van der Waals surface area contributed by atoms with Crippen LogP contribution in [0.4, 0.5) is 0 Å². The van der Waals surface area contributed by atoms with Gasteiger partial charge in [-0.15, -0.1) is 0 Å². The van der Waals surface area contributed by atoms with Gasteiger partial charge in [-0.2, -0.15) is 0 Å². The largest absolute Gasteiger partial charge is 0.497 e. The molecule has 0 radical (unpaired) electrons. The molecular formula is C17H25NO3. The van der Waals surface area contributed by atoms with Gasteiger partial charge in [0.05, 0.1) is 26.9 Å². The van der Waals surface area contributed by atoms with Crippen LogP contribution in [0.2, 0.25) is 0 Å². The molecule has 21 heavy (non-hydrogen) atoms. The molecule has 1 atom stereocenters. The van der Waals surface area contributed by atoms with E-state index in [1.807, 2.05) is 12.1 Å². The van der Waals surface area contributed by atoms with E-state index in [2.05, 4.69) is 24.0 Å². The highest BCUT2D eigenvalue weighted by Crippen LogP contribution is 2.31. The van der Waals surface area contributed by atoms with Gasteiger partial charge in [-0.05, 0) is 36.6 Å². The zero-order chi connectivity index (χ0) is 14.7. The van der Waals surface area contributed by atoms with Crippen LogP contribution in [0.3, 0.4) is 0 Å². The van der Waals surface area contributed by atoms with E-state index >= 15 is 0 Å². The first kappa shape index (κ1) is 14.8. The molecule has 1 aromatic carbocycles. The van der Waals surface area contributed by atoms with Crippen LogP contribution >= 0.6 is 0 Å². The highest BCUT2D eigenvalue weighted by Gasteiger charge is 2.40. The van der Waals surface area contributed by atoms with Gasteiger partial charge in [0, 0.05) is 13.0 Å². The van der Waals surface area contributed by atoms with Crippen molar-refractivity contribution in [3.63, 3.8) is 0 Å². The molecule has 116 valence electrons. The number of hydrogen-bond acceptors (Lipinski definition) is 4. The maximum Gasteiger partial charge on any atom is 0.181 e. The first-order valence-corrected chi connectivity index (χ1v) is 7.85. The van der Waals surface area contributed by atoms with Crippen molar-refractivity contribution in [3.05, 3.63) is 29.8 Å². The average Bonchev–Trinajstić information content (AvgIpc) is 2.95. The Morgan fingerprint density at radius 3 is 2.62 bits per heavy atom. The van der Waals surface area contributed by atoms with E-state index in [1.54, 1.807) is 7.11 Å². The van der Waals surface area contributed by atoms with Crippen LogP contribution in [-0.2, 0) is 9.47 Å². The second-order valence-corrected chi connectivity index (χ2v) is 6.12. The van der Waals surface area contributed by atoms with Crippen molar-refractivity contribution >= 4 is 0 Å². The van der Waals surface area contributed by atoms with Crippen LogP contribution in [-0.4, -0.2) is 50.6 Å². The predicted octanol–water partition coefficient (Wildman–Crippen LogP) is 2.64. The summed E-state index contributed by atoms with van der Waals surface area (Å²) < 4.78 is 16.9. The van der Waals surface area contributed by atoms with Crippen LogP contribution < -0.4 is 4.74 Å². The van der Waals surface area contributed by atoms with E-state index in [-0.39, 0.29) is 5.79 Å². The van der Waals surface area contributed by atoms with Crippen molar-refractivity contribution < 1.29 is 14.2 Å². The number of benzene rings is 1. The van der Waals surface area contributed by atoms with Gasteiger partial charge in [0.25, 0.3) is 0 Å². The second kappa shape index (κ2) is 6.34. The van der Waals surface area contributed by atoms with Crippen molar-refractivity contribution in [1.29, 1.82) is 0 Å². The number of hydrogen-bond donors (Lipinski definition) is 0. The molecule has 1 aromatic rings. The quantitative estimate of drug-likeness (QED) is 0.853. The summed E-state index contributed by atoms with van der Waals surface area (Å²) in [7, 11) is 1.70. The van der Waals surface area contributed by atoms with E-state index in [1.165, 1.54) is 5.56 Å². The molecular weight excluding hydrogens is 266 g/mol. The fraction of sp³-hybridized carbons (Fsp3) is 0.647. The third-order valence-corrected chi connectivity index (χ3v) is 4.53. The lowest BCUT2D eigenvalue weighted by Gasteiger charge is -2.39. The van der Waals surface area contributed by atoms with Gasteiger partial charge in [-0.25, -0.2) is 0 Å².